The molecule has 0 bridgehead atoms. The molecule has 0 spiro atoms. The number of rotatable bonds is 6. The van der Waals surface area contributed by atoms with Crippen LogP contribution in [-0.2, 0) is 9.47 Å². The first-order valence-corrected chi connectivity index (χ1v) is 7.98. The van der Waals surface area contributed by atoms with Crippen LogP contribution in [0.4, 0.5) is 0 Å². The monoisotopic (exact) mass is 427 g/mol. The first-order valence-electron chi connectivity index (χ1n) is 7.98. The molecule has 1 fully saturated rings. The first kappa shape index (κ1) is 21.9. The van der Waals surface area contributed by atoms with E-state index in [9.17, 15) is 0 Å². The maximum atomic E-state index is 5.58. The number of ether oxygens (including phenoxy) is 2. The molecule has 0 aromatic heterocycles. The molecule has 0 amide bonds. The molecule has 132 valence electrons. The highest BCUT2D eigenvalue weighted by Gasteiger charge is 2.25. The van der Waals surface area contributed by atoms with Gasteiger partial charge in [-0.1, -0.05) is 20.8 Å². The summed E-state index contributed by atoms with van der Waals surface area (Å²) < 4.78 is 11.0. The Balaban J connectivity index is 0.00000441. The molecule has 6 heteroatoms. The Kier molecular flexibility index (Phi) is 10.6. The minimum absolute atomic E-state index is 0. The predicted octanol–water partition coefficient (Wildman–Crippen LogP) is 2.60. The van der Waals surface area contributed by atoms with Crippen LogP contribution >= 0.6 is 24.0 Å². The van der Waals surface area contributed by atoms with Crippen molar-refractivity contribution in [2.24, 2.45) is 16.3 Å². The standard InChI is InChI=1S/C16H33N3O2.HI/c1-7-17-15(18-10-14(20-6)16(2,3)4)19(5)11-13-8-9-21-12-13;/h13-14H,7-12H2,1-6H3,(H,17,18);1H. The molecular formula is C16H34IN3O2. The molecule has 0 aromatic rings. The van der Waals surface area contributed by atoms with Crippen molar-refractivity contribution in [3.05, 3.63) is 0 Å². The van der Waals surface area contributed by atoms with Gasteiger partial charge in [0.05, 0.1) is 19.3 Å². The zero-order chi connectivity index (χ0) is 15.9. The van der Waals surface area contributed by atoms with Crippen molar-refractivity contribution >= 4 is 29.9 Å². The summed E-state index contributed by atoms with van der Waals surface area (Å²) in [5, 5.41) is 3.37. The van der Waals surface area contributed by atoms with Crippen LogP contribution in [0.5, 0.6) is 0 Å². The van der Waals surface area contributed by atoms with Crippen molar-refractivity contribution in [1.29, 1.82) is 0 Å². The summed E-state index contributed by atoms with van der Waals surface area (Å²) in [5.41, 5.74) is 0.0907. The normalized spacial score (nSPS) is 20.5. The van der Waals surface area contributed by atoms with Crippen LogP contribution in [0.15, 0.2) is 4.99 Å². The third-order valence-electron chi connectivity index (χ3n) is 3.91. The van der Waals surface area contributed by atoms with Gasteiger partial charge in [0, 0.05) is 39.8 Å². The lowest BCUT2D eigenvalue weighted by atomic mass is 9.89. The summed E-state index contributed by atoms with van der Waals surface area (Å²) in [7, 11) is 3.86. The van der Waals surface area contributed by atoms with Crippen molar-refractivity contribution in [1.82, 2.24) is 10.2 Å². The summed E-state index contributed by atoms with van der Waals surface area (Å²) in [5.74, 6) is 1.57. The fraction of sp³-hybridized carbons (Fsp3) is 0.938. The number of nitrogens with one attached hydrogen (secondary N) is 1. The Morgan fingerprint density at radius 1 is 1.45 bits per heavy atom. The predicted molar refractivity (Wildman–Crippen MR) is 103 cm³/mol. The van der Waals surface area contributed by atoms with Gasteiger partial charge in [0.2, 0.25) is 0 Å². The van der Waals surface area contributed by atoms with E-state index in [0.717, 1.165) is 38.7 Å². The topological polar surface area (TPSA) is 46.1 Å². The van der Waals surface area contributed by atoms with Gasteiger partial charge < -0.3 is 19.7 Å². The number of methoxy groups -OCH3 is 1. The lowest BCUT2D eigenvalue weighted by molar-refractivity contribution is 0.0240. The Morgan fingerprint density at radius 3 is 2.59 bits per heavy atom. The number of hydrogen-bond donors (Lipinski definition) is 1. The van der Waals surface area contributed by atoms with Gasteiger partial charge in [-0.15, -0.1) is 24.0 Å². The Labute approximate surface area is 153 Å². The zero-order valence-electron chi connectivity index (χ0n) is 15.0. The molecule has 1 rings (SSSR count). The van der Waals surface area contributed by atoms with E-state index in [0.29, 0.717) is 12.5 Å². The fourth-order valence-electron chi connectivity index (χ4n) is 2.54. The molecule has 2 atom stereocenters. The van der Waals surface area contributed by atoms with Crippen molar-refractivity contribution in [2.45, 2.75) is 40.2 Å². The highest BCUT2D eigenvalue weighted by molar-refractivity contribution is 14.0. The number of guanidine groups is 1. The van der Waals surface area contributed by atoms with E-state index in [1.807, 2.05) is 0 Å². The van der Waals surface area contributed by atoms with Gasteiger partial charge in [-0.05, 0) is 18.8 Å². The summed E-state index contributed by atoms with van der Waals surface area (Å²) in [6.07, 6.45) is 1.27. The first-order chi connectivity index (χ1) is 9.88. The quantitative estimate of drug-likeness (QED) is 0.402. The lowest BCUT2D eigenvalue weighted by Crippen LogP contribution is -2.42. The van der Waals surface area contributed by atoms with Crippen LogP contribution < -0.4 is 5.32 Å². The van der Waals surface area contributed by atoms with Crippen molar-refractivity contribution in [3.63, 3.8) is 0 Å². The zero-order valence-corrected chi connectivity index (χ0v) is 17.3. The second-order valence-corrected chi connectivity index (χ2v) is 6.90. The molecule has 0 aromatic carbocycles. The van der Waals surface area contributed by atoms with E-state index in [4.69, 9.17) is 14.5 Å². The molecule has 1 N–H and O–H groups in total. The van der Waals surface area contributed by atoms with Crippen LogP contribution in [0, 0.1) is 11.3 Å². The summed E-state index contributed by atoms with van der Waals surface area (Å²) in [6.45, 7) is 12.9. The van der Waals surface area contributed by atoms with E-state index < -0.39 is 0 Å². The van der Waals surface area contributed by atoms with Crippen LogP contribution in [0.3, 0.4) is 0 Å². The van der Waals surface area contributed by atoms with Crippen molar-refractivity contribution in [3.8, 4) is 0 Å². The molecule has 1 saturated heterocycles. The Hall–Kier alpha value is -0.0800. The average Bonchev–Trinajstić information content (AvgIpc) is 2.89. The van der Waals surface area contributed by atoms with Gasteiger partial charge >= 0.3 is 0 Å². The number of aliphatic imine (C=N–C) groups is 1. The largest absolute Gasteiger partial charge is 0.381 e. The lowest BCUT2D eigenvalue weighted by Gasteiger charge is -2.29. The average molecular weight is 427 g/mol. The van der Waals surface area contributed by atoms with Gasteiger partial charge in [0.25, 0.3) is 0 Å². The molecule has 1 aliphatic rings. The molecule has 1 heterocycles. The van der Waals surface area contributed by atoms with Crippen LogP contribution in [0.2, 0.25) is 0 Å². The van der Waals surface area contributed by atoms with E-state index in [-0.39, 0.29) is 35.5 Å². The molecular weight excluding hydrogens is 393 g/mol. The van der Waals surface area contributed by atoms with Crippen LogP contribution in [0.25, 0.3) is 0 Å². The second kappa shape index (κ2) is 10.6. The fourth-order valence-corrected chi connectivity index (χ4v) is 2.54. The summed E-state index contributed by atoms with van der Waals surface area (Å²) in [6, 6.07) is 0. The molecule has 5 nitrogen and oxygen atoms in total. The van der Waals surface area contributed by atoms with Gasteiger partial charge in [-0.3, -0.25) is 4.99 Å². The number of halogens is 1. The Morgan fingerprint density at radius 2 is 2.14 bits per heavy atom. The molecule has 0 aliphatic carbocycles. The molecule has 22 heavy (non-hydrogen) atoms. The summed E-state index contributed by atoms with van der Waals surface area (Å²) in [4.78, 5) is 6.97. The van der Waals surface area contributed by atoms with E-state index >= 15 is 0 Å². The summed E-state index contributed by atoms with van der Waals surface area (Å²) >= 11 is 0. The van der Waals surface area contributed by atoms with Crippen molar-refractivity contribution < 1.29 is 9.47 Å². The van der Waals surface area contributed by atoms with Gasteiger partial charge in [0.15, 0.2) is 5.96 Å². The van der Waals surface area contributed by atoms with Crippen LogP contribution in [0.1, 0.15) is 34.1 Å². The van der Waals surface area contributed by atoms with Gasteiger partial charge in [-0.25, -0.2) is 0 Å². The van der Waals surface area contributed by atoms with Crippen molar-refractivity contribution in [2.75, 3.05) is 47.0 Å². The molecule has 0 radical (unpaired) electrons. The third-order valence-corrected chi connectivity index (χ3v) is 3.91. The maximum Gasteiger partial charge on any atom is 0.193 e. The molecule has 0 saturated carbocycles. The maximum absolute atomic E-state index is 5.58. The Bertz CT molecular complexity index is 326. The highest BCUT2D eigenvalue weighted by Crippen LogP contribution is 2.22. The van der Waals surface area contributed by atoms with E-state index in [2.05, 4.69) is 45.0 Å². The minimum Gasteiger partial charge on any atom is -0.381 e. The van der Waals surface area contributed by atoms with Gasteiger partial charge in [-0.2, -0.15) is 0 Å². The number of hydrogen-bond acceptors (Lipinski definition) is 3. The smallest absolute Gasteiger partial charge is 0.193 e. The minimum atomic E-state index is 0. The SMILES string of the molecule is CCNC(=NCC(OC)C(C)(C)C)N(C)CC1CCOC1.I. The third kappa shape index (κ3) is 7.46. The van der Waals surface area contributed by atoms with E-state index in [1.165, 1.54) is 0 Å². The molecule has 1 aliphatic heterocycles. The van der Waals surface area contributed by atoms with Crippen LogP contribution in [-0.4, -0.2) is 64.0 Å². The number of nitrogens with zero attached hydrogens (tertiary/aromatic N) is 2. The molecule has 2 unspecified atom stereocenters. The highest BCUT2D eigenvalue weighted by atomic mass is 127. The van der Waals surface area contributed by atoms with E-state index in [1.54, 1.807) is 7.11 Å². The van der Waals surface area contributed by atoms with Gasteiger partial charge in [0.1, 0.15) is 0 Å². The second-order valence-electron chi connectivity index (χ2n) is 6.90.